The first-order valence-corrected chi connectivity index (χ1v) is 5.82. The van der Waals surface area contributed by atoms with Gasteiger partial charge in [0.15, 0.2) is 11.5 Å². The number of ether oxygens (including phenoxy) is 1. The van der Waals surface area contributed by atoms with Crippen molar-refractivity contribution in [3.8, 4) is 11.5 Å². The second-order valence-corrected chi connectivity index (χ2v) is 3.64. The normalized spacial score (nSPS) is 10.0. The molecular formula is C11H13BrO3. The topological polar surface area (TPSA) is 46.5 Å². The molecule has 0 saturated carbocycles. The van der Waals surface area contributed by atoms with Crippen LogP contribution in [0.3, 0.4) is 0 Å². The number of benzene rings is 1. The number of hydrogen-bond acceptors (Lipinski definition) is 3. The van der Waals surface area contributed by atoms with Crippen molar-refractivity contribution < 1.29 is 14.6 Å². The van der Waals surface area contributed by atoms with Crippen LogP contribution in [0.2, 0.25) is 0 Å². The second kappa shape index (κ2) is 5.75. The van der Waals surface area contributed by atoms with E-state index >= 15 is 0 Å². The lowest BCUT2D eigenvalue weighted by Gasteiger charge is -2.07. The minimum Gasteiger partial charge on any atom is -0.504 e. The van der Waals surface area contributed by atoms with Crippen LogP contribution in [-0.4, -0.2) is 22.8 Å². The Morgan fingerprint density at radius 1 is 1.53 bits per heavy atom. The van der Waals surface area contributed by atoms with E-state index in [4.69, 9.17) is 4.74 Å². The molecular weight excluding hydrogens is 260 g/mol. The number of phenols is 1. The van der Waals surface area contributed by atoms with Gasteiger partial charge in [0, 0.05) is 6.42 Å². The van der Waals surface area contributed by atoms with Gasteiger partial charge in [0.25, 0.3) is 0 Å². The number of halogens is 1. The fourth-order valence-electron chi connectivity index (χ4n) is 1.21. The fourth-order valence-corrected chi connectivity index (χ4v) is 1.41. The highest BCUT2D eigenvalue weighted by Crippen LogP contribution is 2.27. The summed E-state index contributed by atoms with van der Waals surface area (Å²) < 4.78 is 5.22. The van der Waals surface area contributed by atoms with Gasteiger partial charge in [-0.3, -0.25) is 4.79 Å². The number of alkyl halides is 1. The van der Waals surface area contributed by atoms with Gasteiger partial charge >= 0.3 is 0 Å². The standard InChI is InChI=1S/C11H13BrO3/c1-2-15-11-6-8(3-4-10(11)14)5-9(13)7-12/h3-4,6,14H,2,5,7H2,1H3. The molecule has 0 spiro atoms. The van der Waals surface area contributed by atoms with E-state index in [1.807, 2.05) is 6.92 Å². The van der Waals surface area contributed by atoms with Crippen LogP contribution in [0.15, 0.2) is 18.2 Å². The smallest absolute Gasteiger partial charge is 0.161 e. The van der Waals surface area contributed by atoms with Crippen molar-refractivity contribution in [2.75, 3.05) is 11.9 Å². The lowest BCUT2D eigenvalue weighted by atomic mass is 10.1. The maximum Gasteiger partial charge on any atom is 0.161 e. The van der Waals surface area contributed by atoms with E-state index in [0.29, 0.717) is 24.1 Å². The molecule has 0 fully saturated rings. The highest BCUT2D eigenvalue weighted by Gasteiger charge is 2.06. The number of ketones is 1. The Morgan fingerprint density at radius 2 is 2.27 bits per heavy atom. The average Bonchev–Trinajstić information content (AvgIpc) is 2.23. The Morgan fingerprint density at radius 3 is 2.87 bits per heavy atom. The molecule has 0 aliphatic heterocycles. The number of aromatic hydroxyl groups is 1. The Hall–Kier alpha value is -1.03. The molecule has 1 aromatic rings. The van der Waals surface area contributed by atoms with Crippen LogP contribution < -0.4 is 4.74 Å². The van der Waals surface area contributed by atoms with Crippen LogP contribution in [0.5, 0.6) is 11.5 Å². The number of Topliss-reactive ketones (excluding diaryl/α,β-unsaturated/α-hetero) is 1. The summed E-state index contributed by atoms with van der Waals surface area (Å²) in [7, 11) is 0. The Bertz CT molecular complexity index is 350. The first-order chi connectivity index (χ1) is 7.17. The zero-order chi connectivity index (χ0) is 11.3. The van der Waals surface area contributed by atoms with Crippen LogP contribution in [0.4, 0.5) is 0 Å². The summed E-state index contributed by atoms with van der Waals surface area (Å²) in [6.07, 6.45) is 0.353. The van der Waals surface area contributed by atoms with Gasteiger partial charge in [-0.1, -0.05) is 22.0 Å². The lowest BCUT2D eigenvalue weighted by molar-refractivity contribution is -0.115. The molecule has 0 amide bonds. The van der Waals surface area contributed by atoms with E-state index < -0.39 is 0 Å². The Balaban J connectivity index is 2.82. The summed E-state index contributed by atoms with van der Waals surface area (Å²) in [5, 5.41) is 9.78. The van der Waals surface area contributed by atoms with Crippen LogP contribution in [-0.2, 0) is 11.2 Å². The summed E-state index contributed by atoms with van der Waals surface area (Å²) in [5.74, 6) is 0.632. The quantitative estimate of drug-likeness (QED) is 0.837. The van der Waals surface area contributed by atoms with Gasteiger partial charge < -0.3 is 9.84 Å². The van der Waals surface area contributed by atoms with Gasteiger partial charge in [0.05, 0.1) is 11.9 Å². The summed E-state index contributed by atoms with van der Waals surface area (Å²) >= 11 is 3.11. The largest absolute Gasteiger partial charge is 0.504 e. The van der Waals surface area contributed by atoms with Crippen LogP contribution in [0.25, 0.3) is 0 Å². The molecule has 0 radical (unpaired) electrons. The maximum atomic E-state index is 11.2. The predicted molar refractivity (Wildman–Crippen MR) is 61.8 cm³/mol. The molecule has 4 heteroatoms. The van der Waals surface area contributed by atoms with E-state index in [0.717, 1.165) is 5.56 Å². The third kappa shape index (κ3) is 3.55. The Labute approximate surface area is 97.2 Å². The van der Waals surface area contributed by atoms with Gasteiger partial charge in [0.1, 0.15) is 5.78 Å². The zero-order valence-electron chi connectivity index (χ0n) is 8.50. The number of phenolic OH excluding ortho intramolecular Hbond substituents is 1. The minimum atomic E-state index is 0.100. The molecule has 82 valence electrons. The third-order valence-electron chi connectivity index (χ3n) is 1.87. The summed E-state index contributed by atoms with van der Waals surface area (Å²) in [6.45, 7) is 2.33. The van der Waals surface area contributed by atoms with E-state index in [2.05, 4.69) is 15.9 Å². The summed E-state index contributed by atoms with van der Waals surface area (Å²) in [4.78, 5) is 11.2. The number of hydrogen-bond donors (Lipinski definition) is 1. The molecule has 0 unspecified atom stereocenters. The minimum absolute atomic E-state index is 0.100. The van der Waals surface area contributed by atoms with E-state index in [9.17, 15) is 9.90 Å². The molecule has 0 aromatic heterocycles. The first kappa shape index (κ1) is 12.0. The molecule has 1 rings (SSSR count). The van der Waals surface area contributed by atoms with Crippen molar-refractivity contribution in [1.29, 1.82) is 0 Å². The van der Waals surface area contributed by atoms with E-state index in [1.54, 1.807) is 18.2 Å². The highest BCUT2D eigenvalue weighted by molar-refractivity contribution is 9.09. The van der Waals surface area contributed by atoms with Crippen molar-refractivity contribution >= 4 is 21.7 Å². The monoisotopic (exact) mass is 272 g/mol. The molecule has 15 heavy (non-hydrogen) atoms. The van der Waals surface area contributed by atoms with Gasteiger partial charge in [-0.2, -0.15) is 0 Å². The van der Waals surface area contributed by atoms with Crippen LogP contribution >= 0.6 is 15.9 Å². The first-order valence-electron chi connectivity index (χ1n) is 4.69. The van der Waals surface area contributed by atoms with E-state index in [-0.39, 0.29) is 11.5 Å². The zero-order valence-corrected chi connectivity index (χ0v) is 10.1. The predicted octanol–water partition coefficient (Wildman–Crippen LogP) is 2.30. The molecule has 0 saturated heterocycles. The maximum absolute atomic E-state index is 11.2. The second-order valence-electron chi connectivity index (χ2n) is 3.08. The lowest BCUT2D eigenvalue weighted by Crippen LogP contribution is -2.03. The number of carbonyl (C=O) groups excluding carboxylic acids is 1. The molecule has 0 bridgehead atoms. The molecule has 1 N–H and O–H groups in total. The van der Waals surface area contributed by atoms with Crippen LogP contribution in [0.1, 0.15) is 12.5 Å². The molecule has 0 atom stereocenters. The van der Waals surface area contributed by atoms with Gasteiger partial charge in [-0.25, -0.2) is 0 Å². The average molecular weight is 273 g/mol. The molecule has 3 nitrogen and oxygen atoms in total. The highest BCUT2D eigenvalue weighted by atomic mass is 79.9. The molecule has 0 aliphatic carbocycles. The van der Waals surface area contributed by atoms with Crippen molar-refractivity contribution in [2.45, 2.75) is 13.3 Å². The third-order valence-corrected chi connectivity index (χ3v) is 2.50. The van der Waals surface area contributed by atoms with Crippen molar-refractivity contribution in [1.82, 2.24) is 0 Å². The van der Waals surface area contributed by atoms with Crippen molar-refractivity contribution in [2.24, 2.45) is 0 Å². The van der Waals surface area contributed by atoms with E-state index in [1.165, 1.54) is 0 Å². The van der Waals surface area contributed by atoms with Crippen molar-refractivity contribution in [3.05, 3.63) is 23.8 Å². The van der Waals surface area contributed by atoms with Gasteiger partial charge in [-0.05, 0) is 24.6 Å². The molecule has 0 heterocycles. The molecule has 1 aromatic carbocycles. The van der Waals surface area contributed by atoms with Gasteiger partial charge in [-0.15, -0.1) is 0 Å². The van der Waals surface area contributed by atoms with Crippen LogP contribution in [0, 0.1) is 0 Å². The molecule has 0 aliphatic rings. The summed E-state index contributed by atoms with van der Waals surface area (Å²) in [5.41, 5.74) is 0.848. The van der Waals surface area contributed by atoms with Gasteiger partial charge in [0.2, 0.25) is 0 Å². The van der Waals surface area contributed by atoms with Crippen molar-refractivity contribution in [3.63, 3.8) is 0 Å². The Kier molecular flexibility index (Phi) is 4.62. The summed E-state index contributed by atoms with van der Waals surface area (Å²) in [6, 6.07) is 4.96. The fraction of sp³-hybridized carbons (Fsp3) is 0.364. The number of carbonyl (C=O) groups is 1. The SMILES string of the molecule is CCOc1cc(CC(=O)CBr)ccc1O. The number of rotatable bonds is 5.